The largest absolute Gasteiger partial charge is 0.466 e. The van der Waals surface area contributed by atoms with Crippen molar-refractivity contribution in [2.75, 3.05) is 26.2 Å². The number of benzene rings is 2. The van der Waals surface area contributed by atoms with E-state index in [0.717, 1.165) is 59.3 Å². The van der Waals surface area contributed by atoms with E-state index in [2.05, 4.69) is 21.6 Å². The Morgan fingerprint density at radius 2 is 1.79 bits per heavy atom. The molecule has 0 bridgehead atoms. The number of aromatic nitrogens is 1. The van der Waals surface area contributed by atoms with Gasteiger partial charge in [-0.3, -0.25) is 14.5 Å². The molecule has 4 rings (SSSR count). The first-order chi connectivity index (χ1) is 16.0. The third kappa shape index (κ3) is 4.99. The zero-order chi connectivity index (χ0) is 23.4. The number of likely N-dealkylation sites (tertiary alicyclic amines) is 1. The van der Waals surface area contributed by atoms with Crippen LogP contribution in [-0.2, 0) is 16.0 Å². The molecule has 0 amide bonds. The minimum atomic E-state index is -0.293. The van der Waals surface area contributed by atoms with Crippen LogP contribution in [0.5, 0.6) is 0 Å². The van der Waals surface area contributed by atoms with Crippen molar-refractivity contribution < 1.29 is 14.3 Å². The van der Waals surface area contributed by atoms with Crippen molar-refractivity contribution in [3.05, 3.63) is 64.8 Å². The van der Waals surface area contributed by atoms with E-state index in [-0.39, 0.29) is 11.8 Å². The standard InChI is InChI=1S/C27H29N3O3/c1-19-27(26(32)18-29-13-4-3-5-14-29)24-11-8-21(12-15-33-20(2)31)16-25(24)30(19)23-9-6-22(17-28)7-10-23/h6-11,16H,3-5,12-15,18H2,1-2H3. The number of nitriles is 1. The highest BCUT2D eigenvalue weighted by molar-refractivity contribution is 6.11. The number of fused-ring (bicyclic) bond motifs is 1. The number of Topliss-reactive ketones (excluding diaryl/α,β-unsaturated/α-hetero) is 1. The molecule has 33 heavy (non-hydrogen) atoms. The van der Waals surface area contributed by atoms with Crippen molar-refractivity contribution >= 4 is 22.7 Å². The van der Waals surface area contributed by atoms with Crippen LogP contribution in [0.1, 0.15) is 53.4 Å². The summed E-state index contributed by atoms with van der Waals surface area (Å²) in [6.45, 7) is 6.08. The average molecular weight is 444 g/mol. The molecule has 1 aromatic heterocycles. The second-order valence-corrected chi connectivity index (χ2v) is 8.66. The second-order valence-electron chi connectivity index (χ2n) is 8.66. The van der Waals surface area contributed by atoms with Crippen LogP contribution >= 0.6 is 0 Å². The Labute approximate surface area is 194 Å². The number of nitrogens with zero attached hydrogens (tertiary/aromatic N) is 3. The number of rotatable bonds is 7. The summed E-state index contributed by atoms with van der Waals surface area (Å²) in [4.78, 5) is 26.9. The lowest BCUT2D eigenvalue weighted by Gasteiger charge is -2.25. The highest BCUT2D eigenvalue weighted by atomic mass is 16.5. The molecule has 0 aliphatic carbocycles. The van der Waals surface area contributed by atoms with E-state index in [1.165, 1.54) is 13.3 Å². The Morgan fingerprint density at radius 3 is 2.45 bits per heavy atom. The molecular formula is C27H29N3O3. The summed E-state index contributed by atoms with van der Waals surface area (Å²) in [5.41, 5.74) is 5.13. The van der Waals surface area contributed by atoms with Crippen molar-refractivity contribution in [2.24, 2.45) is 0 Å². The van der Waals surface area contributed by atoms with E-state index in [1.807, 2.05) is 31.2 Å². The molecule has 0 saturated carbocycles. The Hall–Kier alpha value is -3.43. The topological polar surface area (TPSA) is 75.3 Å². The summed E-state index contributed by atoms with van der Waals surface area (Å²) < 4.78 is 7.21. The fourth-order valence-electron chi connectivity index (χ4n) is 4.70. The zero-order valence-electron chi connectivity index (χ0n) is 19.3. The Morgan fingerprint density at radius 1 is 1.06 bits per heavy atom. The van der Waals surface area contributed by atoms with Crippen molar-refractivity contribution in [1.29, 1.82) is 5.26 Å². The first kappa shape index (κ1) is 22.8. The lowest BCUT2D eigenvalue weighted by atomic mass is 10.0. The smallest absolute Gasteiger partial charge is 0.302 e. The molecular weight excluding hydrogens is 414 g/mol. The maximum Gasteiger partial charge on any atom is 0.302 e. The normalized spacial score (nSPS) is 14.2. The molecule has 0 spiro atoms. The van der Waals surface area contributed by atoms with Gasteiger partial charge in [0.05, 0.1) is 30.3 Å². The number of piperidine rings is 1. The monoisotopic (exact) mass is 443 g/mol. The van der Waals surface area contributed by atoms with E-state index < -0.39 is 0 Å². The number of carbonyl (C=O) groups is 2. The van der Waals surface area contributed by atoms with Gasteiger partial charge in [-0.2, -0.15) is 5.26 Å². The molecule has 2 aromatic carbocycles. The number of ketones is 1. The molecule has 2 heterocycles. The summed E-state index contributed by atoms with van der Waals surface area (Å²) in [7, 11) is 0. The number of carbonyl (C=O) groups excluding carboxylic acids is 2. The molecule has 0 N–H and O–H groups in total. The highest BCUT2D eigenvalue weighted by Gasteiger charge is 2.23. The van der Waals surface area contributed by atoms with E-state index in [9.17, 15) is 14.9 Å². The summed E-state index contributed by atoms with van der Waals surface area (Å²) >= 11 is 0. The average Bonchev–Trinajstić information content (AvgIpc) is 3.10. The van der Waals surface area contributed by atoms with Crippen molar-refractivity contribution in [2.45, 2.75) is 39.5 Å². The molecule has 0 atom stereocenters. The zero-order valence-corrected chi connectivity index (χ0v) is 19.3. The van der Waals surface area contributed by atoms with Gasteiger partial charge in [0.1, 0.15) is 0 Å². The van der Waals surface area contributed by atoms with Crippen LogP contribution in [0.3, 0.4) is 0 Å². The first-order valence-corrected chi connectivity index (χ1v) is 11.5. The van der Waals surface area contributed by atoms with Gasteiger partial charge in [-0.15, -0.1) is 0 Å². The number of hydrogen-bond acceptors (Lipinski definition) is 5. The summed E-state index contributed by atoms with van der Waals surface area (Å²) in [5, 5.41) is 10.1. The molecule has 1 saturated heterocycles. The van der Waals surface area contributed by atoms with E-state index in [1.54, 1.807) is 12.1 Å². The van der Waals surface area contributed by atoms with Gasteiger partial charge in [0, 0.05) is 35.7 Å². The number of ether oxygens (including phenoxy) is 1. The van der Waals surface area contributed by atoms with Crippen LogP contribution in [-0.4, -0.2) is 47.5 Å². The Balaban J connectivity index is 1.76. The third-order valence-corrected chi connectivity index (χ3v) is 6.31. The maximum absolute atomic E-state index is 13.5. The fourth-order valence-corrected chi connectivity index (χ4v) is 4.70. The van der Waals surface area contributed by atoms with Crippen LogP contribution < -0.4 is 0 Å². The second kappa shape index (κ2) is 10.0. The van der Waals surface area contributed by atoms with Crippen LogP contribution in [0, 0.1) is 18.3 Å². The molecule has 3 aromatic rings. The van der Waals surface area contributed by atoms with Crippen molar-refractivity contribution in [3.8, 4) is 11.8 Å². The van der Waals surface area contributed by atoms with E-state index >= 15 is 0 Å². The van der Waals surface area contributed by atoms with Gasteiger partial charge in [-0.1, -0.05) is 18.6 Å². The molecule has 1 aliphatic heterocycles. The van der Waals surface area contributed by atoms with Gasteiger partial charge in [0.25, 0.3) is 0 Å². The minimum Gasteiger partial charge on any atom is -0.466 e. The number of hydrogen-bond donors (Lipinski definition) is 0. The lowest BCUT2D eigenvalue weighted by molar-refractivity contribution is -0.140. The molecule has 1 aliphatic rings. The van der Waals surface area contributed by atoms with Gasteiger partial charge >= 0.3 is 5.97 Å². The quantitative estimate of drug-likeness (QED) is 0.395. The summed E-state index contributed by atoms with van der Waals surface area (Å²) in [5.74, 6) is -0.155. The van der Waals surface area contributed by atoms with E-state index in [0.29, 0.717) is 25.1 Å². The predicted molar refractivity (Wildman–Crippen MR) is 128 cm³/mol. The van der Waals surface area contributed by atoms with Crippen LogP contribution in [0.15, 0.2) is 42.5 Å². The van der Waals surface area contributed by atoms with Crippen LogP contribution in [0.25, 0.3) is 16.6 Å². The van der Waals surface area contributed by atoms with E-state index in [4.69, 9.17) is 4.74 Å². The Kier molecular flexibility index (Phi) is 6.90. The highest BCUT2D eigenvalue weighted by Crippen LogP contribution is 2.31. The van der Waals surface area contributed by atoms with Crippen LogP contribution in [0.4, 0.5) is 0 Å². The lowest BCUT2D eigenvalue weighted by Crippen LogP contribution is -2.34. The molecule has 6 nitrogen and oxygen atoms in total. The number of esters is 1. The van der Waals surface area contributed by atoms with Crippen LogP contribution in [0.2, 0.25) is 0 Å². The molecule has 0 radical (unpaired) electrons. The maximum atomic E-state index is 13.5. The molecule has 0 unspecified atom stereocenters. The SMILES string of the molecule is CC(=O)OCCc1ccc2c(C(=O)CN3CCCCC3)c(C)n(-c3ccc(C#N)cc3)c2c1. The third-order valence-electron chi connectivity index (χ3n) is 6.31. The Bertz CT molecular complexity index is 1210. The summed E-state index contributed by atoms with van der Waals surface area (Å²) in [6.07, 6.45) is 4.12. The van der Waals surface area contributed by atoms with Crippen molar-refractivity contribution in [1.82, 2.24) is 9.47 Å². The summed E-state index contributed by atoms with van der Waals surface area (Å²) in [6, 6.07) is 15.7. The predicted octanol–water partition coefficient (Wildman–Crippen LogP) is 4.58. The van der Waals surface area contributed by atoms with Gasteiger partial charge in [0.15, 0.2) is 5.78 Å². The van der Waals surface area contributed by atoms with Gasteiger partial charge in [-0.25, -0.2) is 0 Å². The fraction of sp³-hybridized carbons (Fsp3) is 0.370. The van der Waals surface area contributed by atoms with Gasteiger partial charge < -0.3 is 9.30 Å². The first-order valence-electron chi connectivity index (χ1n) is 11.5. The molecule has 1 fully saturated rings. The minimum absolute atomic E-state index is 0.138. The molecule has 6 heteroatoms. The van der Waals surface area contributed by atoms with Gasteiger partial charge in [-0.05, 0) is 68.8 Å². The molecule has 170 valence electrons. The van der Waals surface area contributed by atoms with Crippen molar-refractivity contribution in [3.63, 3.8) is 0 Å². The van der Waals surface area contributed by atoms with Gasteiger partial charge in [0.2, 0.25) is 0 Å².